The van der Waals surface area contributed by atoms with Crippen LogP contribution in [-0.2, 0) is 11.3 Å². The lowest BCUT2D eigenvalue weighted by atomic mass is 9.88. The molecule has 1 atom stereocenters. The van der Waals surface area contributed by atoms with Gasteiger partial charge in [-0.05, 0) is 24.6 Å². The van der Waals surface area contributed by atoms with Gasteiger partial charge in [-0.3, -0.25) is 14.9 Å². The van der Waals surface area contributed by atoms with Gasteiger partial charge in [-0.2, -0.15) is 0 Å². The SMILES string of the molecule is C=CCN(Cc1cccc([N+](=O)[O-])c1)C(=O)C(C)C1CNC1. The average molecular weight is 303 g/mol. The molecule has 1 aromatic rings. The van der Waals surface area contributed by atoms with E-state index < -0.39 is 4.92 Å². The first-order chi connectivity index (χ1) is 10.5. The van der Waals surface area contributed by atoms with Crippen molar-refractivity contribution in [2.24, 2.45) is 11.8 Å². The van der Waals surface area contributed by atoms with Gasteiger partial charge in [0.2, 0.25) is 5.91 Å². The lowest BCUT2D eigenvalue weighted by Gasteiger charge is -2.34. The molecule has 1 heterocycles. The molecule has 0 saturated carbocycles. The fourth-order valence-corrected chi connectivity index (χ4v) is 2.53. The van der Waals surface area contributed by atoms with Crippen LogP contribution < -0.4 is 5.32 Å². The molecular formula is C16H21N3O3. The third-order valence-corrected chi connectivity index (χ3v) is 4.07. The van der Waals surface area contributed by atoms with Crippen molar-refractivity contribution in [1.82, 2.24) is 10.2 Å². The Balaban J connectivity index is 2.10. The Morgan fingerprint density at radius 1 is 1.59 bits per heavy atom. The molecule has 1 saturated heterocycles. The molecule has 0 bridgehead atoms. The van der Waals surface area contributed by atoms with E-state index in [0.717, 1.165) is 18.7 Å². The maximum atomic E-state index is 12.6. The number of nitro benzene ring substituents is 1. The van der Waals surface area contributed by atoms with Gasteiger partial charge < -0.3 is 10.2 Å². The number of carbonyl (C=O) groups excluding carboxylic acids is 1. The van der Waals surface area contributed by atoms with Crippen molar-refractivity contribution < 1.29 is 9.72 Å². The van der Waals surface area contributed by atoms with E-state index in [1.165, 1.54) is 12.1 Å². The third-order valence-electron chi connectivity index (χ3n) is 4.07. The minimum atomic E-state index is -0.425. The summed E-state index contributed by atoms with van der Waals surface area (Å²) in [6.45, 7) is 8.16. The molecular weight excluding hydrogens is 282 g/mol. The van der Waals surface area contributed by atoms with Crippen LogP contribution in [0.15, 0.2) is 36.9 Å². The zero-order chi connectivity index (χ0) is 16.1. The summed E-state index contributed by atoms with van der Waals surface area (Å²) in [6.07, 6.45) is 1.68. The summed E-state index contributed by atoms with van der Waals surface area (Å²) in [5.74, 6) is 0.378. The summed E-state index contributed by atoms with van der Waals surface area (Å²) in [5, 5.41) is 14.0. The first-order valence-electron chi connectivity index (χ1n) is 7.36. The second-order valence-corrected chi connectivity index (χ2v) is 5.64. The Kier molecular flexibility index (Phi) is 5.27. The van der Waals surface area contributed by atoms with Gasteiger partial charge in [-0.15, -0.1) is 6.58 Å². The monoisotopic (exact) mass is 303 g/mol. The number of nitro groups is 1. The normalized spacial score (nSPS) is 15.7. The number of benzene rings is 1. The molecule has 1 amide bonds. The summed E-state index contributed by atoms with van der Waals surface area (Å²) >= 11 is 0. The zero-order valence-electron chi connectivity index (χ0n) is 12.7. The Morgan fingerprint density at radius 2 is 2.32 bits per heavy atom. The highest BCUT2D eigenvalue weighted by molar-refractivity contribution is 5.79. The second-order valence-electron chi connectivity index (χ2n) is 5.64. The van der Waals surface area contributed by atoms with Gasteiger partial charge in [0.25, 0.3) is 5.69 Å². The van der Waals surface area contributed by atoms with Gasteiger partial charge in [0, 0.05) is 31.1 Å². The number of nitrogens with zero attached hydrogens (tertiary/aromatic N) is 2. The van der Waals surface area contributed by atoms with Crippen LogP contribution in [0, 0.1) is 22.0 Å². The van der Waals surface area contributed by atoms with Crippen LogP contribution >= 0.6 is 0 Å². The Hall–Kier alpha value is -2.21. The van der Waals surface area contributed by atoms with Crippen LogP contribution in [0.5, 0.6) is 0 Å². The lowest BCUT2D eigenvalue weighted by Crippen LogP contribution is -2.50. The highest BCUT2D eigenvalue weighted by Gasteiger charge is 2.31. The van der Waals surface area contributed by atoms with Crippen molar-refractivity contribution in [3.05, 3.63) is 52.6 Å². The van der Waals surface area contributed by atoms with E-state index in [0.29, 0.717) is 19.0 Å². The number of hydrogen-bond acceptors (Lipinski definition) is 4. The standard InChI is InChI=1S/C16H21N3O3/c1-3-7-18(16(20)12(2)14-9-17-10-14)11-13-5-4-6-15(8-13)19(21)22/h3-6,8,12,14,17H,1,7,9-11H2,2H3. The predicted molar refractivity (Wildman–Crippen MR) is 84.2 cm³/mol. The van der Waals surface area contributed by atoms with E-state index in [-0.39, 0.29) is 17.5 Å². The summed E-state index contributed by atoms with van der Waals surface area (Å²) in [7, 11) is 0. The minimum absolute atomic E-state index is 0.0414. The fourth-order valence-electron chi connectivity index (χ4n) is 2.53. The smallest absolute Gasteiger partial charge is 0.269 e. The first kappa shape index (κ1) is 16.2. The highest BCUT2D eigenvalue weighted by Crippen LogP contribution is 2.21. The molecule has 118 valence electrons. The summed E-state index contributed by atoms with van der Waals surface area (Å²) in [6, 6.07) is 6.40. The van der Waals surface area contributed by atoms with Gasteiger partial charge in [-0.25, -0.2) is 0 Å². The van der Waals surface area contributed by atoms with Gasteiger partial charge in [-0.1, -0.05) is 25.1 Å². The third kappa shape index (κ3) is 3.71. The van der Waals surface area contributed by atoms with Crippen molar-refractivity contribution in [1.29, 1.82) is 0 Å². The number of hydrogen-bond donors (Lipinski definition) is 1. The molecule has 1 N–H and O–H groups in total. The van der Waals surface area contributed by atoms with E-state index in [1.807, 2.05) is 6.92 Å². The topological polar surface area (TPSA) is 75.5 Å². The molecule has 0 aromatic heterocycles. The van der Waals surface area contributed by atoms with E-state index >= 15 is 0 Å². The number of rotatable bonds is 7. The number of amides is 1. The molecule has 1 unspecified atom stereocenters. The van der Waals surface area contributed by atoms with E-state index in [1.54, 1.807) is 23.1 Å². The van der Waals surface area contributed by atoms with Crippen molar-refractivity contribution in [3.63, 3.8) is 0 Å². The molecule has 1 aliphatic heterocycles. The molecule has 0 aliphatic carbocycles. The maximum absolute atomic E-state index is 12.6. The minimum Gasteiger partial charge on any atom is -0.334 e. The van der Waals surface area contributed by atoms with Gasteiger partial charge >= 0.3 is 0 Å². The van der Waals surface area contributed by atoms with Gasteiger partial charge in [0.1, 0.15) is 0 Å². The van der Waals surface area contributed by atoms with Gasteiger partial charge in [0.05, 0.1) is 4.92 Å². The molecule has 1 fully saturated rings. The van der Waals surface area contributed by atoms with Crippen LogP contribution in [0.3, 0.4) is 0 Å². The zero-order valence-corrected chi connectivity index (χ0v) is 12.7. The fraction of sp³-hybridized carbons (Fsp3) is 0.438. The van der Waals surface area contributed by atoms with E-state index in [9.17, 15) is 14.9 Å². The summed E-state index contributed by atoms with van der Waals surface area (Å²) < 4.78 is 0. The predicted octanol–water partition coefficient (Wildman–Crippen LogP) is 1.96. The van der Waals surface area contributed by atoms with Crippen LogP contribution in [0.2, 0.25) is 0 Å². The van der Waals surface area contributed by atoms with E-state index in [4.69, 9.17) is 0 Å². The number of nitrogens with one attached hydrogen (secondary N) is 1. The van der Waals surface area contributed by atoms with E-state index in [2.05, 4.69) is 11.9 Å². The molecule has 0 spiro atoms. The molecule has 6 nitrogen and oxygen atoms in total. The van der Waals surface area contributed by atoms with Crippen LogP contribution in [0.1, 0.15) is 12.5 Å². The van der Waals surface area contributed by atoms with Crippen molar-refractivity contribution in [2.45, 2.75) is 13.5 Å². The molecule has 1 aliphatic rings. The highest BCUT2D eigenvalue weighted by atomic mass is 16.6. The first-order valence-corrected chi connectivity index (χ1v) is 7.36. The average Bonchev–Trinajstić information content (AvgIpc) is 2.44. The van der Waals surface area contributed by atoms with Crippen LogP contribution in [0.4, 0.5) is 5.69 Å². The molecule has 0 radical (unpaired) electrons. The number of carbonyl (C=O) groups is 1. The Morgan fingerprint density at radius 3 is 2.86 bits per heavy atom. The maximum Gasteiger partial charge on any atom is 0.269 e. The summed E-state index contributed by atoms with van der Waals surface area (Å²) in [5.41, 5.74) is 0.795. The lowest BCUT2D eigenvalue weighted by molar-refractivity contribution is -0.384. The molecule has 1 aromatic carbocycles. The van der Waals surface area contributed by atoms with Crippen molar-refractivity contribution >= 4 is 11.6 Å². The summed E-state index contributed by atoms with van der Waals surface area (Å²) in [4.78, 5) is 24.7. The molecule has 2 rings (SSSR count). The largest absolute Gasteiger partial charge is 0.334 e. The second kappa shape index (κ2) is 7.17. The van der Waals surface area contributed by atoms with Crippen LogP contribution in [-0.4, -0.2) is 35.4 Å². The van der Waals surface area contributed by atoms with Crippen LogP contribution in [0.25, 0.3) is 0 Å². The molecule has 22 heavy (non-hydrogen) atoms. The Bertz CT molecular complexity index is 570. The molecule has 6 heteroatoms. The quantitative estimate of drug-likeness (QED) is 0.475. The Labute approximate surface area is 130 Å². The van der Waals surface area contributed by atoms with Crippen molar-refractivity contribution in [2.75, 3.05) is 19.6 Å². The van der Waals surface area contributed by atoms with Crippen molar-refractivity contribution in [3.8, 4) is 0 Å². The van der Waals surface area contributed by atoms with Gasteiger partial charge in [0.15, 0.2) is 0 Å². The number of non-ortho nitro benzene ring substituents is 1.